The van der Waals surface area contributed by atoms with Gasteiger partial charge in [-0.1, -0.05) is 41.5 Å². The third-order valence-corrected chi connectivity index (χ3v) is 4.95. The first-order valence-corrected chi connectivity index (χ1v) is 9.10. The number of anilines is 1. The van der Waals surface area contributed by atoms with E-state index in [2.05, 4.69) is 44.8 Å². The van der Waals surface area contributed by atoms with E-state index in [1.54, 1.807) is 6.20 Å². The number of methoxy groups -OCH3 is 1. The van der Waals surface area contributed by atoms with E-state index < -0.39 is 0 Å². The fraction of sp³-hybridized carbons (Fsp3) is 0.100. The molecule has 7 heteroatoms. The van der Waals surface area contributed by atoms with Crippen molar-refractivity contribution in [3.05, 3.63) is 66.0 Å². The molecule has 0 fully saturated rings. The molecule has 0 saturated carbocycles. The molecule has 134 valence electrons. The lowest BCUT2D eigenvalue weighted by Crippen LogP contribution is -2.13. The Morgan fingerprint density at radius 1 is 1.07 bits per heavy atom. The van der Waals surface area contributed by atoms with Crippen LogP contribution in [0.2, 0.25) is 0 Å². The van der Waals surface area contributed by atoms with Crippen LogP contribution in [0.25, 0.3) is 21.9 Å². The normalized spacial score (nSPS) is 10.7. The molecule has 0 aliphatic heterocycles. The number of fused-ring (bicyclic) bond motifs is 1. The molecule has 0 bridgehead atoms. The van der Waals surface area contributed by atoms with E-state index in [-0.39, 0.29) is 5.91 Å². The van der Waals surface area contributed by atoms with Crippen LogP contribution in [0.15, 0.2) is 54.7 Å². The summed E-state index contributed by atoms with van der Waals surface area (Å²) >= 11 is 1.17. The number of rotatable bonds is 4. The van der Waals surface area contributed by atoms with Gasteiger partial charge in [0.15, 0.2) is 0 Å². The minimum Gasteiger partial charge on any atom is -0.472 e. The zero-order valence-electron chi connectivity index (χ0n) is 14.8. The number of aryl methyl sites for hydroxylation is 1. The van der Waals surface area contributed by atoms with Gasteiger partial charge in [0.25, 0.3) is 11.1 Å². The molecule has 27 heavy (non-hydrogen) atoms. The van der Waals surface area contributed by atoms with E-state index >= 15 is 0 Å². The summed E-state index contributed by atoms with van der Waals surface area (Å²) in [7, 11) is 1.51. The highest BCUT2D eigenvalue weighted by Crippen LogP contribution is 2.29. The Hall–Kier alpha value is -3.32. The standard InChI is InChI=1S/C20H16N4O2S/c1-12-9-16(15-8-7-13-5-3-4-6-14(13)10-15)17(11-21-12)18(25)22-19-23-24-20(26-2)27-19/h3-11H,1-2H3,(H,22,23,25). The fourth-order valence-corrected chi connectivity index (χ4v) is 3.40. The van der Waals surface area contributed by atoms with Gasteiger partial charge in [-0.25, -0.2) is 0 Å². The van der Waals surface area contributed by atoms with Gasteiger partial charge in [0.1, 0.15) is 0 Å². The topological polar surface area (TPSA) is 77.0 Å². The van der Waals surface area contributed by atoms with Crippen LogP contribution >= 0.6 is 11.3 Å². The van der Waals surface area contributed by atoms with Crippen molar-refractivity contribution < 1.29 is 9.53 Å². The number of hydrogen-bond donors (Lipinski definition) is 1. The Bertz CT molecular complexity index is 1140. The number of carbonyl (C=O) groups is 1. The smallest absolute Gasteiger partial charge is 0.295 e. The molecule has 2 heterocycles. The third kappa shape index (κ3) is 3.50. The number of nitrogens with zero attached hydrogens (tertiary/aromatic N) is 3. The number of benzene rings is 2. The van der Waals surface area contributed by atoms with Crippen molar-refractivity contribution in [3.63, 3.8) is 0 Å². The lowest BCUT2D eigenvalue weighted by molar-refractivity contribution is 0.102. The van der Waals surface area contributed by atoms with Crippen molar-refractivity contribution in [1.29, 1.82) is 0 Å². The molecule has 0 radical (unpaired) electrons. The Labute approximate surface area is 159 Å². The summed E-state index contributed by atoms with van der Waals surface area (Å²) in [6, 6.07) is 16.2. The molecule has 0 aliphatic rings. The number of hydrogen-bond acceptors (Lipinski definition) is 6. The first-order valence-electron chi connectivity index (χ1n) is 8.29. The number of ether oxygens (including phenoxy) is 1. The summed E-state index contributed by atoms with van der Waals surface area (Å²) in [5.41, 5.74) is 3.10. The van der Waals surface area contributed by atoms with E-state index in [4.69, 9.17) is 4.74 Å². The maximum atomic E-state index is 12.8. The Morgan fingerprint density at radius 3 is 2.67 bits per heavy atom. The molecule has 2 aromatic carbocycles. The van der Waals surface area contributed by atoms with Gasteiger partial charge < -0.3 is 4.74 Å². The minimum absolute atomic E-state index is 0.288. The number of pyridine rings is 1. The van der Waals surface area contributed by atoms with Crippen molar-refractivity contribution in [1.82, 2.24) is 15.2 Å². The first kappa shape index (κ1) is 17.1. The van der Waals surface area contributed by atoms with Crippen molar-refractivity contribution in [2.75, 3.05) is 12.4 Å². The highest BCUT2D eigenvalue weighted by atomic mass is 32.1. The molecule has 0 saturated heterocycles. The second-order valence-electron chi connectivity index (χ2n) is 5.96. The van der Waals surface area contributed by atoms with Crippen molar-refractivity contribution >= 4 is 33.1 Å². The Morgan fingerprint density at radius 2 is 1.89 bits per heavy atom. The van der Waals surface area contributed by atoms with Crippen LogP contribution in [-0.4, -0.2) is 28.2 Å². The Balaban J connectivity index is 1.73. The predicted molar refractivity (Wildman–Crippen MR) is 106 cm³/mol. The summed E-state index contributed by atoms with van der Waals surface area (Å²) in [6.07, 6.45) is 1.59. The van der Waals surface area contributed by atoms with E-state index in [1.807, 2.05) is 31.2 Å². The summed E-state index contributed by atoms with van der Waals surface area (Å²) in [5, 5.41) is 13.5. The second-order valence-corrected chi connectivity index (χ2v) is 6.90. The van der Waals surface area contributed by atoms with Crippen molar-refractivity contribution in [2.45, 2.75) is 6.92 Å². The fourth-order valence-electron chi connectivity index (χ4n) is 2.84. The van der Waals surface area contributed by atoms with Crippen molar-refractivity contribution in [3.8, 4) is 16.3 Å². The molecule has 0 atom stereocenters. The van der Waals surface area contributed by atoms with Gasteiger partial charge in [-0.2, -0.15) is 0 Å². The van der Waals surface area contributed by atoms with Crippen LogP contribution in [0, 0.1) is 6.92 Å². The van der Waals surface area contributed by atoms with E-state index in [1.165, 1.54) is 18.4 Å². The molecular formula is C20H16N4O2S. The number of nitrogens with one attached hydrogen (secondary N) is 1. The molecule has 6 nitrogen and oxygen atoms in total. The molecule has 1 N–H and O–H groups in total. The van der Waals surface area contributed by atoms with Gasteiger partial charge >= 0.3 is 0 Å². The lowest BCUT2D eigenvalue weighted by atomic mass is 9.97. The summed E-state index contributed by atoms with van der Waals surface area (Å²) in [5.74, 6) is -0.288. The number of aromatic nitrogens is 3. The van der Waals surface area contributed by atoms with Crippen LogP contribution in [0.3, 0.4) is 0 Å². The zero-order valence-corrected chi connectivity index (χ0v) is 15.6. The number of amides is 1. The van der Waals surface area contributed by atoms with Gasteiger partial charge in [0.2, 0.25) is 5.13 Å². The van der Waals surface area contributed by atoms with E-state index in [9.17, 15) is 4.79 Å². The molecule has 2 aromatic heterocycles. The quantitative estimate of drug-likeness (QED) is 0.574. The second kappa shape index (κ2) is 7.13. The van der Waals surface area contributed by atoms with Gasteiger partial charge in [-0.15, -0.1) is 5.10 Å². The van der Waals surface area contributed by atoms with Crippen LogP contribution < -0.4 is 10.1 Å². The predicted octanol–water partition coefficient (Wildman–Crippen LogP) is 4.32. The number of carbonyl (C=O) groups excluding carboxylic acids is 1. The molecule has 1 amide bonds. The van der Waals surface area contributed by atoms with Crippen LogP contribution in [0.4, 0.5) is 5.13 Å². The Kier molecular flexibility index (Phi) is 4.52. The van der Waals surface area contributed by atoms with Gasteiger partial charge in [-0.05, 0) is 52.3 Å². The molecule has 0 unspecified atom stereocenters. The highest BCUT2D eigenvalue weighted by molar-refractivity contribution is 7.17. The maximum absolute atomic E-state index is 12.8. The van der Waals surface area contributed by atoms with Gasteiger partial charge in [-0.3, -0.25) is 15.1 Å². The molecule has 4 aromatic rings. The third-order valence-electron chi connectivity index (χ3n) is 4.15. The average molecular weight is 376 g/mol. The van der Waals surface area contributed by atoms with Crippen LogP contribution in [0.5, 0.6) is 5.19 Å². The first-order chi connectivity index (χ1) is 13.1. The van der Waals surface area contributed by atoms with E-state index in [0.29, 0.717) is 15.9 Å². The summed E-state index contributed by atoms with van der Waals surface area (Å²) in [6.45, 7) is 1.90. The SMILES string of the molecule is COc1nnc(NC(=O)c2cnc(C)cc2-c2ccc3ccccc3c2)s1. The van der Waals surface area contributed by atoms with Crippen LogP contribution in [0.1, 0.15) is 16.1 Å². The van der Waals surface area contributed by atoms with Gasteiger partial charge in [0, 0.05) is 11.9 Å². The minimum atomic E-state index is -0.288. The van der Waals surface area contributed by atoms with Crippen molar-refractivity contribution in [2.24, 2.45) is 0 Å². The highest BCUT2D eigenvalue weighted by Gasteiger charge is 2.16. The summed E-state index contributed by atoms with van der Waals surface area (Å²) < 4.78 is 5.01. The maximum Gasteiger partial charge on any atom is 0.295 e. The zero-order chi connectivity index (χ0) is 18.8. The average Bonchev–Trinajstić information content (AvgIpc) is 3.15. The molecule has 4 rings (SSSR count). The molecule has 0 aliphatic carbocycles. The van der Waals surface area contributed by atoms with E-state index in [0.717, 1.165) is 27.6 Å². The monoisotopic (exact) mass is 376 g/mol. The van der Waals surface area contributed by atoms with Crippen LogP contribution in [-0.2, 0) is 0 Å². The molecule has 0 spiro atoms. The lowest BCUT2D eigenvalue weighted by Gasteiger charge is -2.11. The largest absolute Gasteiger partial charge is 0.472 e. The summed E-state index contributed by atoms with van der Waals surface area (Å²) in [4.78, 5) is 17.1. The molecular weight excluding hydrogens is 360 g/mol. The van der Waals surface area contributed by atoms with Gasteiger partial charge in [0.05, 0.1) is 12.7 Å².